The van der Waals surface area contributed by atoms with Crippen LogP contribution in [0.15, 0.2) is 60.9 Å². The molecule has 156 valence electrons. The van der Waals surface area contributed by atoms with E-state index in [-0.39, 0.29) is 6.42 Å². The van der Waals surface area contributed by atoms with Crippen LogP contribution in [-0.2, 0) is 24.4 Å². The molecule has 0 unspecified atom stereocenters. The maximum absolute atomic E-state index is 11.2. The third-order valence-electron chi connectivity index (χ3n) is 5.75. The van der Waals surface area contributed by atoms with Crippen LogP contribution in [-0.4, -0.2) is 20.9 Å². The molecule has 3 aromatic rings. The summed E-state index contributed by atoms with van der Waals surface area (Å²) < 4.78 is 8.14. The average molecular weight is 405 g/mol. The average Bonchev–Trinajstić information content (AvgIpc) is 3.22. The molecule has 1 saturated carbocycles. The molecule has 0 saturated heterocycles. The number of nitrogens with zero attached hydrogens (tertiary/aromatic N) is 2. The van der Waals surface area contributed by atoms with Crippen LogP contribution in [0.1, 0.15) is 43.2 Å². The first-order valence-corrected chi connectivity index (χ1v) is 10.7. The molecule has 30 heavy (non-hydrogen) atoms. The van der Waals surface area contributed by atoms with Crippen molar-refractivity contribution in [3.05, 3.63) is 72.1 Å². The van der Waals surface area contributed by atoms with Crippen LogP contribution in [0.3, 0.4) is 0 Å². The van der Waals surface area contributed by atoms with Crippen molar-refractivity contribution in [2.75, 3.05) is 0 Å². The zero-order chi connectivity index (χ0) is 20.8. The second-order valence-electron chi connectivity index (χ2n) is 8.13. The highest BCUT2D eigenvalue weighted by Gasteiger charge is 2.16. The lowest BCUT2D eigenvalue weighted by Gasteiger charge is -2.21. The molecule has 1 fully saturated rings. The van der Waals surface area contributed by atoms with Gasteiger partial charge in [0.25, 0.3) is 0 Å². The van der Waals surface area contributed by atoms with Crippen LogP contribution in [0, 0.1) is 5.92 Å². The van der Waals surface area contributed by atoms with Gasteiger partial charge in [-0.05, 0) is 42.0 Å². The van der Waals surface area contributed by atoms with Gasteiger partial charge in [-0.25, -0.2) is 0 Å². The van der Waals surface area contributed by atoms with E-state index in [0.717, 1.165) is 34.5 Å². The molecule has 1 aromatic heterocycles. The number of carbonyl (C=O) groups is 1. The molecular formula is C25H28N2O3. The van der Waals surface area contributed by atoms with E-state index in [1.807, 2.05) is 59.4 Å². The molecule has 0 atom stereocenters. The van der Waals surface area contributed by atoms with Crippen LogP contribution < -0.4 is 4.74 Å². The molecule has 0 bridgehead atoms. The van der Waals surface area contributed by atoms with Crippen molar-refractivity contribution in [2.45, 2.75) is 51.7 Å². The first-order chi connectivity index (χ1) is 14.7. The van der Waals surface area contributed by atoms with Crippen molar-refractivity contribution in [2.24, 2.45) is 5.92 Å². The van der Waals surface area contributed by atoms with Crippen molar-refractivity contribution in [1.82, 2.24) is 9.78 Å². The van der Waals surface area contributed by atoms with Crippen molar-refractivity contribution < 1.29 is 14.6 Å². The Balaban J connectivity index is 1.56. The SMILES string of the molecule is O=C(O)Cc1ccc(OCc2ccccc2)c(-c2cnn(CC3CCCCC3)c2)c1. The van der Waals surface area contributed by atoms with Crippen LogP contribution in [0.4, 0.5) is 0 Å². The fraction of sp³-hybridized carbons (Fsp3) is 0.360. The van der Waals surface area contributed by atoms with E-state index in [0.29, 0.717) is 12.5 Å². The topological polar surface area (TPSA) is 64.3 Å². The Hall–Kier alpha value is -3.08. The van der Waals surface area contributed by atoms with Gasteiger partial charge in [-0.1, -0.05) is 55.7 Å². The van der Waals surface area contributed by atoms with Gasteiger partial charge in [0, 0.05) is 23.9 Å². The molecule has 0 aliphatic heterocycles. The summed E-state index contributed by atoms with van der Waals surface area (Å²) >= 11 is 0. The second kappa shape index (κ2) is 9.61. The predicted octanol–water partition coefficient (Wildman–Crippen LogP) is 5.34. The third-order valence-corrected chi connectivity index (χ3v) is 5.75. The molecule has 5 nitrogen and oxygen atoms in total. The molecule has 0 amide bonds. The molecule has 5 heteroatoms. The Morgan fingerprint density at radius 1 is 1.07 bits per heavy atom. The number of benzene rings is 2. The zero-order valence-corrected chi connectivity index (χ0v) is 17.2. The van der Waals surface area contributed by atoms with Gasteiger partial charge in [-0.15, -0.1) is 0 Å². The van der Waals surface area contributed by atoms with E-state index >= 15 is 0 Å². The fourth-order valence-corrected chi connectivity index (χ4v) is 4.19. The minimum Gasteiger partial charge on any atom is -0.488 e. The van der Waals surface area contributed by atoms with Gasteiger partial charge in [-0.3, -0.25) is 9.48 Å². The molecule has 1 N–H and O–H groups in total. The Morgan fingerprint density at radius 3 is 2.63 bits per heavy atom. The van der Waals surface area contributed by atoms with E-state index in [9.17, 15) is 9.90 Å². The van der Waals surface area contributed by atoms with Gasteiger partial charge >= 0.3 is 5.97 Å². The summed E-state index contributed by atoms with van der Waals surface area (Å²) in [5, 5.41) is 13.8. The molecule has 4 rings (SSSR count). The first kappa shape index (κ1) is 20.2. The molecule has 2 aromatic carbocycles. The summed E-state index contributed by atoms with van der Waals surface area (Å²) in [6.07, 6.45) is 10.4. The normalized spacial score (nSPS) is 14.5. The fourth-order valence-electron chi connectivity index (χ4n) is 4.19. The van der Waals surface area contributed by atoms with Gasteiger partial charge < -0.3 is 9.84 Å². The van der Waals surface area contributed by atoms with Crippen molar-refractivity contribution in [1.29, 1.82) is 0 Å². The summed E-state index contributed by atoms with van der Waals surface area (Å²) in [5.41, 5.74) is 3.69. The summed E-state index contributed by atoms with van der Waals surface area (Å²) in [5.74, 6) is 0.593. The molecule has 0 radical (unpaired) electrons. The number of carboxylic acid groups (broad SMARTS) is 1. The lowest BCUT2D eigenvalue weighted by atomic mass is 9.89. The Labute approximate surface area is 177 Å². The largest absolute Gasteiger partial charge is 0.488 e. The quantitative estimate of drug-likeness (QED) is 0.551. The maximum atomic E-state index is 11.2. The van der Waals surface area contributed by atoms with Crippen LogP contribution in [0.2, 0.25) is 0 Å². The van der Waals surface area contributed by atoms with Crippen LogP contribution in [0.25, 0.3) is 11.1 Å². The minimum atomic E-state index is -0.841. The second-order valence-corrected chi connectivity index (χ2v) is 8.13. The van der Waals surface area contributed by atoms with E-state index in [4.69, 9.17) is 4.74 Å². The van der Waals surface area contributed by atoms with Crippen LogP contribution >= 0.6 is 0 Å². The molecular weight excluding hydrogens is 376 g/mol. The smallest absolute Gasteiger partial charge is 0.307 e. The van der Waals surface area contributed by atoms with E-state index in [1.54, 1.807) is 0 Å². The summed E-state index contributed by atoms with van der Waals surface area (Å²) in [6, 6.07) is 15.6. The van der Waals surface area contributed by atoms with Crippen molar-refractivity contribution in [3.63, 3.8) is 0 Å². The Bertz CT molecular complexity index is 975. The van der Waals surface area contributed by atoms with E-state index < -0.39 is 5.97 Å². The lowest BCUT2D eigenvalue weighted by Crippen LogP contribution is -2.14. The molecule has 1 aliphatic rings. The molecule has 1 aliphatic carbocycles. The molecule has 0 spiro atoms. The minimum absolute atomic E-state index is 0.0117. The predicted molar refractivity (Wildman–Crippen MR) is 116 cm³/mol. The van der Waals surface area contributed by atoms with Crippen LogP contribution in [0.5, 0.6) is 5.75 Å². The number of aliphatic carboxylic acids is 1. The third kappa shape index (κ3) is 5.29. The highest BCUT2D eigenvalue weighted by molar-refractivity contribution is 5.74. The summed E-state index contributed by atoms with van der Waals surface area (Å²) in [6.45, 7) is 1.40. The van der Waals surface area contributed by atoms with Gasteiger partial charge in [0.15, 0.2) is 0 Å². The number of hydrogen-bond donors (Lipinski definition) is 1. The van der Waals surface area contributed by atoms with E-state index in [1.165, 1.54) is 32.1 Å². The Kier molecular flexibility index (Phi) is 6.47. The van der Waals surface area contributed by atoms with Crippen molar-refractivity contribution >= 4 is 5.97 Å². The first-order valence-electron chi connectivity index (χ1n) is 10.7. The highest BCUT2D eigenvalue weighted by atomic mass is 16.5. The van der Waals surface area contributed by atoms with E-state index in [2.05, 4.69) is 11.3 Å². The monoisotopic (exact) mass is 404 g/mol. The van der Waals surface area contributed by atoms with Gasteiger partial charge in [0.2, 0.25) is 0 Å². The lowest BCUT2D eigenvalue weighted by molar-refractivity contribution is -0.136. The molecule has 1 heterocycles. The Morgan fingerprint density at radius 2 is 1.87 bits per heavy atom. The number of aromatic nitrogens is 2. The maximum Gasteiger partial charge on any atom is 0.307 e. The summed E-state index contributed by atoms with van der Waals surface area (Å²) in [7, 11) is 0. The number of carboxylic acids is 1. The summed E-state index contributed by atoms with van der Waals surface area (Å²) in [4.78, 5) is 11.2. The van der Waals surface area contributed by atoms with Crippen molar-refractivity contribution in [3.8, 4) is 16.9 Å². The zero-order valence-electron chi connectivity index (χ0n) is 17.2. The van der Waals surface area contributed by atoms with Gasteiger partial charge in [-0.2, -0.15) is 5.10 Å². The number of hydrogen-bond acceptors (Lipinski definition) is 3. The number of ether oxygens (including phenoxy) is 1. The standard InChI is InChI=1S/C25H28N2O3/c28-25(29)14-21-11-12-24(30-18-20-9-5-2-6-10-20)23(13-21)22-15-26-27(17-22)16-19-7-3-1-4-8-19/h2,5-6,9-13,15,17,19H,1,3-4,7-8,14,16,18H2,(H,28,29). The van der Waals surface area contributed by atoms with Gasteiger partial charge in [0.05, 0.1) is 12.6 Å². The number of rotatable bonds is 8. The highest BCUT2D eigenvalue weighted by Crippen LogP contribution is 2.32. The van der Waals surface area contributed by atoms with Gasteiger partial charge in [0.1, 0.15) is 12.4 Å².